The minimum absolute atomic E-state index is 0.247. The molecule has 0 heterocycles. The molecule has 0 spiro atoms. The van der Waals surface area contributed by atoms with E-state index in [1.807, 2.05) is 0 Å². The molecule has 1 fully saturated rings. The third kappa shape index (κ3) is 3.37. The van der Waals surface area contributed by atoms with Gasteiger partial charge in [-0.3, -0.25) is 0 Å². The number of rotatable bonds is 4. The Kier molecular flexibility index (Phi) is 4.37. The second kappa shape index (κ2) is 5.56. The van der Waals surface area contributed by atoms with E-state index in [0.29, 0.717) is 12.8 Å². The van der Waals surface area contributed by atoms with Gasteiger partial charge in [0.1, 0.15) is 6.10 Å². The van der Waals surface area contributed by atoms with Gasteiger partial charge >= 0.3 is 12.3 Å². The third-order valence-electron chi connectivity index (χ3n) is 2.93. The highest BCUT2D eigenvalue weighted by Crippen LogP contribution is 2.37. The fourth-order valence-electron chi connectivity index (χ4n) is 2.28. The van der Waals surface area contributed by atoms with Gasteiger partial charge < -0.3 is 19.7 Å². The minimum Gasteiger partial charge on any atom is -0.450 e. The van der Waals surface area contributed by atoms with Crippen LogP contribution in [0, 0.1) is 0 Å². The molecular weight excluding hydrogens is 228 g/mol. The Hall–Kier alpha value is -1.72. The smallest absolute Gasteiger partial charge is 0.450 e. The predicted octanol–water partition coefficient (Wildman–Crippen LogP) is 2.63. The summed E-state index contributed by atoms with van der Waals surface area (Å²) in [5.74, 6) is 0. The Bertz CT molecular complexity index is 313. The molecule has 1 aliphatic rings. The molecule has 0 bridgehead atoms. The fourth-order valence-corrected chi connectivity index (χ4v) is 2.28. The molecule has 17 heavy (non-hydrogen) atoms. The van der Waals surface area contributed by atoms with Gasteiger partial charge in [0, 0.05) is 6.42 Å². The predicted molar refractivity (Wildman–Crippen MR) is 58.0 cm³/mol. The van der Waals surface area contributed by atoms with Crippen molar-refractivity contribution in [1.29, 1.82) is 0 Å². The minimum atomic E-state index is -1.42. The maximum Gasteiger partial charge on any atom is 0.506 e. The first kappa shape index (κ1) is 13.3. The SMILES string of the molecule is C=CCC1(OC(=O)O)CCCCC1OC(=O)O. The Labute approximate surface area is 98.8 Å². The molecule has 0 saturated heterocycles. The summed E-state index contributed by atoms with van der Waals surface area (Å²) in [6.45, 7) is 3.54. The molecule has 0 aromatic carbocycles. The lowest BCUT2D eigenvalue weighted by atomic mass is 9.79. The first-order valence-corrected chi connectivity index (χ1v) is 5.42. The van der Waals surface area contributed by atoms with E-state index in [4.69, 9.17) is 19.7 Å². The van der Waals surface area contributed by atoms with Gasteiger partial charge in [-0.05, 0) is 25.7 Å². The zero-order chi connectivity index (χ0) is 12.9. The summed E-state index contributed by atoms with van der Waals surface area (Å²) in [5, 5.41) is 17.4. The summed E-state index contributed by atoms with van der Waals surface area (Å²) in [4.78, 5) is 21.3. The lowest BCUT2D eigenvalue weighted by Crippen LogP contribution is -2.50. The molecule has 0 aromatic heterocycles. The molecule has 0 radical (unpaired) electrons. The van der Waals surface area contributed by atoms with Crippen LogP contribution in [0.1, 0.15) is 32.1 Å². The maximum absolute atomic E-state index is 10.7. The van der Waals surface area contributed by atoms with Crippen molar-refractivity contribution in [2.24, 2.45) is 0 Å². The Morgan fingerprint density at radius 2 is 2.06 bits per heavy atom. The normalized spacial score (nSPS) is 28.1. The van der Waals surface area contributed by atoms with Crippen LogP contribution in [0.15, 0.2) is 12.7 Å². The molecule has 0 amide bonds. The van der Waals surface area contributed by atoms with E-state index in [1.54, 1.807) is 0 Å². The van der Waals surface area contributed by atoms with E-state index in [0.717, 1.165) is 12.8 Å². The van der Waals surface area contributed by atoms with Crippen molar-refractivity contribution in [1.82, 2.24) is 0 Å². The number of hydrogen-bond acceptors (Lipinski definition) is 4. The van der Waals surface area contributed by atoms with Crippen LogP contribution >= 0.6 is 0 Å². The monoisotopic (exact) mass is 244 g/mol. The molecule has 2 N–H and O–H groups in total. The second-order valence-electron chi connectivity index (χ2n) is 4.04. The average Bonchev–Trinajstić information content (AvgIpc) is 2.20. The van der Waals surface area contributed by atoms with Crippen LogP contribution in [0.2, 0.25) is 0 Å². The van der Waals surface area contributed by atoms with Gasteiger partial charge in [0.2, 0.25) is 0 Å². The van der Waals surface area contributed by atoms with Gasteiger partial charge in [-0.2, -0.15) is 0 Å². The zero-order valence-corrected chi connectivity index (χ0v) is 9.42. The number of carboxylic acid groups (broad SMARTS) is 2. The summed E-state index contributed by atoms with van der Waals surface area (Å²) in [6, 6.07) is 0. The molecule has 2 atom stereocenters. The van der Waals surface area contributed by atoms with E-state index >= 15 is 0 Å². The summed E-state index contributed by atoms with van der Waals surface area (Å²) < 4.78 is 9.63. The van der Waals surface area contributed by atoms with Crippen LogP contribution in [0.4, 0.5) is 9.59 Å². The summed E-state index contributed by atoms with van der Waals surface area (Å²) in [7, 11) is 0. The van der Waals surface area contributed by atoms with E-state index in [9.17, 15) is 9.59 Å². The summed E-state index contributed by atoms with van der Waals surface area (Å²) >= 11 is 0. The molecule has 1 rings (SSSR count). The summed E-state index contributed by atoms with van der Waals surface area (Å²) in [6.07, 6.45) is 0.649. The largest absolute Gasteiger partial charge is 0.506 e. The van der Waals surface area contributed by atoms with E-state index in [-0.39, 0.29) is 6.42 Å². The Morgan fingerprint density at radius 3 is 2.59 bits per heavy atom. The van der Waals surface area contributed by atoms with Crippen LogP contribution < -0.4 is 0 Å². The van der Waals surface area contributed by atoms with Gasteiger partial charge in [-0.1, -0.05) is 6.08 Å². The highest BCUT2D eigenvalue weighted by Gasteiger charge is 2.46. The molecule has 6 nitrogen and oxygen atoms in total. The molecule has 0 aromatic rings. The highest BCUT2D eigenvalue weighted by atomic mass is 16.7. The van der Waals surface area contributed by atoms with Gasteiger partial charge in [-0.15, -0.1) is 6.58 Å². The van der Waals surface area contributed by atoms with Crippen LogP contribution in [-0.2, 0) is 9.47 Å². The van der Waals surface area contributed by atoms with Crippen molar-refractivity contribution < 1.29 is 29.3 Å². The number of ether oxygens (including phenoxy) is 2. The van der Waals surface area contributed by atoms with E-state index in [2.05, 4.69) is 6.58 Å². The van der Waals surface area contributed by atoms with Crippen LogP contribution in [0.25, 0.3) is 0 Å². The van der Waals surface area contributed by atoms with E-state index in [1.165, 1.54) is 6.08 Å². The number of carbonyl (C=O) groups is 2. The Balaban J connectivity index is 2.89. The van der Waals surface area contributed by atoms with Gasteiger partial charge in [0.15, 0.2) is 5.60 Å². The molecule has 1 saturated carbocycles. The van der Waals surface area contributed by atoms with Crippen LogP contribution in [0.3, 0.4) is 0 Å². The lowest BCUT2D eigenvalue weighted by molar-refractivity contribution is -0.125. The van der Waals surface area contributed by atoms with Crippen molar-refractivity contribution in [3.05, 3.63) is 12.7 Å². The van der Waals surface area contributed by atoms with Crippen molar-refractivity contribution in [3.63, 3.8) is 0 Å². The molecule has 96 valence electrons. The van der Waals surface area contributed by atoms with Crippen molar-refractivity contribution in [3.8, 4) is 0 Å². The fraction of sp³-hybridized carbons (Fsp3) is 0.636. The van der Waals surface area contributed by atoms with Gasteiger partial charge in [-0.25, -0.2) is 9.59 Å². The molecule has 0 aliphatic heterocycles. The first-order valence-electron chi connectivity index (χ1n) is 5.42. The molecule has 2 unspecified atom stereocenters. The zero-order valence-electron chi connectivity index (χ0n) is 9.42. The van der Waals surface area contributed by atoms with Crippen molar-refractivity contribution >= 4 is 12.3 Å². The van der Waals surface area contributed by atoms with Gasteiger partial charge in [0.25, 0.3) is 0 Å². The maximum atomic E-state index is 10.7. The van der Waals surface area contributed by atoms with E-state index < -0.39 is 24.0 Å². The highest BCUT2D eigenvalue weighted by molar-refractivity contribution is 5.59. The van der Waals surface area contributed by atoms with Gasteiger partial charge in [0.05, 0.1) is 0 Å². The average molecular weight is 244 g/mol. The third-order valence-corrected chi connectivity index (χ3v) is 2.93. The van der Waals surface area contributed by atoms with Crippen LogP contribution in [-0.4, -0.2) is 34.2 Å². The Morgan fingerprint density at radius 1 is 1.35 bits per heavy atom. The second-order valence-corrected chi connectivity index (χ2v) is 4.04. The molecule has 6 heteroatoms. The van der Waals surface area contributed by atoms with Crippen LogP contribution in [0.5, 0.6) is 0 Å². The lowest BCUT2D eigenvalue weighted by Gasteiger charge is -2.40. The first-order chi connectivity index (χ1) is 8.00. The molecular formula is C11H16O6. The summed E-state index contributed by atoms with van der Waals surface area (Å²) in [5.41, 5.74) is -1.12. The quantitative estimate of drug-likeness (QED) is 0.583. The molecule has 1 aliphatic carbocycles. The topological polar surface area (TPSA) is 93.1 Å². The standard InChI is InChI=1S/C11H16O6/c1-2-6-11(17-10(14)15)7-4-3-5-8(11)16-9(12)13/h2,8H,1,3-7H2,(H,12,13)(H,14,15). The van der Waals surface area contributed by atoms with Crippen molar-refractivity contribution in [2.45, 2.75) is 43.8 Å². The van der Waals surface area contributed by atoms with Crippen molar-refractivity contribution in [2.75, 3.05) is 0 Å². The number of hydrogen-bond donors (Lipinski definition) is 2.